The first-order valence-corrected chi connectivity index (χ1v) is 11.6. The van der Waals surface area contributed by atoms with E-state index in [4.69, 9.17) is 23.2 Å². The molecule has 0 spiro atoms. The number of aromatic nitrogens is 2. The molecule has 3 aromatic carbocycles. The maximum atomic E-state index is 13.2. The van der Waals surface area contributed by atoms with Crippen LogP contribution in [-0.4, -0.2) is 21.2 Å². The van der Waals surface area contributed by atoms with Crippen LogP contribution in [0.15, 0.2) is 81.2 Å². The minimum Gasteiger partial charge on any atom is -0.325 e. The normalized spacial score (nSPS) is 10.9. The summed E-state index contributed by atoms with van der Waals surface area (Å²) in [6.45, 7) is 0. The first kappa shape index (κ1) is 21.9. The van der Waals surface area contributed by atoms with Crippen LogP contribution >= 0.6 is 50.9 Å². The van der Waals surface area contributed by atoms with Gasteiger partial charge in [0.05, 0.1) is 32.4 Å². The van der Waals surface area contributed by atoms with Crippen LogP contribution in [-0.2, 0) is 4.79 Å². The van der Waals surface area contributed by atoms with Crippen molar-refractivity contribution in [2.45, 2.75) is 5.16 Å². The number of thioether (sulfide) groups is 1. The second kappa shape index (κ2) is 9.44. The molecule has 1 amide bonds. The molecule has 4 aromatic rings. The summed E-state index contributed by atoms with van der Waals surface area (Å²) in [5.74, 6) is -0.199. The van der Waals surface area contributed by atoms with Crippen LogP contribution in [0.1, 0.15) is 0 Å². The van der Waals surface area contributed by atoms with Crippen molar-refractivity contribution in [3.63, 3.8) is 0 Å². The van der Waals surface area contributed by atoms with E-state index in [-0.39, 0.29) is 17.2 Å². The largest absolute Gasteiger partial charge is 0.325 e. The van der Waals surface area contributed by atoms with Gasteiger partial charge in [-0.15, -0.1) is 0 Å². The summed E-state index contributed by atoms with van der Waals surface area (Å²) >= 11 is 16.5. The first-order chi connectivity index (χ1) is 14.9. The molecule has 0 aliphatic rings. The molecular formula is C22H14BrCl2N3O2S. The Hall–Kier alpha value is -2.32. The van der Waals surface area contributed by atoms with Crippen LogP contribution in [0.2, 0.25) is 10.0 Å². The molecular weight excluding hydrogens is 521 g/mol. The van der Waals surface area contributed by atoms with Gasteiger partial charge in [0.2, 0.25) is 5.91 Å². The Morgan fingerprint density at radius 1 is 1.03 bits per heavy atom. The number of para-hydroxylation sites is 1. The van der Waals surface area contributed by atoms with Crippen molar-refractivity contribution in [3.8, 4) is 5.69 Å². The van der Waals surface area contributed by atoms with Gasteiger partial charge in [-0.3, -0.25) is 14.2 Å². The van der Waals surface area contributed by atoms with Crippen LogP contribution in [0.3, 0.4) is 0 Å². The molecule has 0 aliphatic heterocycles. The molecule has 0 aliphatic carbocycles. The van der Waals surface area contributed by atoms with Gasteiger partial charge in [-0.2, -0.15) is 0 Å². The third kappa shape index (κ3) is 4.96. The molecule has 0 saturated heterocycles. The smallest absolute Gasteiger partial charge is 0.266 e. The van der Waals surface area contributed by atoms with Crippen molar-refractivity contribution in [2.75, 3.05) is 11.1 Å². The number of nitrogens with zero attached hydrogens (tertiary/aromatic N) is 2. The predicted molar refractivity (Wildman–Crippen MR) is 131 cm³/mol. The molecule has 31 heavy (non-hydrogen) atoms. The summed E-state index contributed by atoms with van der Waals surface area (Å²) in [7, 11) is 0. The molecule has 0 unspecified atom stereocenters. The van der Waals surface area contributed by atoms with Gasteiger partial charge in [-0.1, -0.05) is 63.0 Å². The number of halogens is 3. The molecule has 1 N–H and O–H groups in total. The highest BCUT2D eigenvalue weighted by atomic mass is 79.9. The van der Waals surface area contributed by atoms with Crippen molar-refractivity contribution in [1.82, 2.24) is 9.55 Å². The molecule has 0 atom stereocenters. The van der Waals surface area contributed by atoms with E-state index in [2.05, 4.69) is 26.2 Å². The lowest BCUT2D eigenvalue weighted by atomic mass is 10.2. The van der Waals surface area contributed by atoms with E-state index in [1.165, 1.54) is 16.3 Å². The standard InChI is InChI=1S/C22H14BrCl2N3O2S/c23-13-5-8-15(9-6-13)28-21(30)16-3-1-2-4-19(16)27-22(28)31-12-20(29)26-14-7-10-17(24)18(25)11-14/h1-11H,12H2,(H,26,29). The molecule has 0 radical (unpaired) electrons. The van der Waals surface area contributed by atoms with Crippen molar-refractivity contribution < 1.29 is 4.79 Å². The topological polar surface area (TPSA) is 64.0 Å². The zero-order chi connectivity index (χ0) is 22.0. The quantitative estimate of drug-likeness (QED) is 0.245. The Kier molecular flexibility index (Phi) is 6.67. The van der Waals surface area contributed by atoms with E-state index in [9.17, 15) is 9.59 Å². The third-order valence-corrected chi connectivity index (χ3v) is 6.57. The number of fused-ring (bicyclic) bond motifs is 1. The Labute approximate surface area is 200 Å². The molecule has 1 aromatic heterocycles. The maximum absolute atomic E-state index is 13.2. The van der Waals surface area contributed by atoms with Crippen LogP contribution in [0, 0.1) is 0 Å². The molecule has 9 heteroatoms. The lowest BCUT2D eigenvalue weighted by Gasteiger charge is -2.13. The summed E-state index contributed by atoms with van der Waals surface area (Å²) in [6, 6.07) is 19.4. The fourth-order valence-electron chi connectivity index (χ4n) is 2.93. The van der Waals surface area contributed by atoms with Crippen molar-refractivity contribution in [2.24, 2.45) is 0 Å². The van der Waals surface area contributed by atoms with Crippen molar-refractivity contribution in [1.29, 1.82) is 0 Å². The lowest BCUT2D eigenvalue weighted by Crippen LogP contribution is -2.23. The Bertz CT molecular complexity index is 1340. The zero-order valence-corrected chi connectivity index (χ0v) is 19.7. The minimum atomic E-state index is -0.256. The number of rotatable bonds is 5. The molecule has 156 valence electrons. The highest BCUT2D eigenvalue weighted by Crippen LogP contribution is 2.26. The second-order valence-corrected chi connectivity index (χ2v) is 9.17. The molecule has 4 rings (SSSR count). The van der Waals surface area contributed by atoms with E-state index in [1.54, 1.807) is 36.4 Å². The van der Waals surface area contributed by atoms with E-state index in [0.717, 1.165) is 4.47 Å². The number of anilines is 1. The number of hydrogen-bond donors (Lipinski definition) is 1. The van der Waals surface area contributed by atoms with Gasteiger partial charge in [-0.05, 0) is 54.6 Å². The van der Waals surface area contributed by atoms with Gasteiger partial charge in [0.1, 0.15) is 0 Å². The molecule has 0 bridgehead atoms. The van der Waals surface area contributed by atoms with Crippen LogP contribution in [0.5, 0.6) is 0 Å². The van der Waals surface area contributed by atoms with E-state index in [0.29, 0.717) is 37.5 Å². The maximum Gasteiger partial charge on any atom is 0.266 e. The molecule has 0 fully saturated rings. The van der Waals surface area contributed by atoms with Gasteiger partial charge >= 0.3 is 0 Å². The fraction of sp³-hybridized carbons (Fsp3) is 0.0455. The molecule has 1 heterocycles. The van der Waals surface area contributed by atoms with Crippen LogP contribution < -0.4 is 10.9 Å². The average Bonchev–Trinajstić information content (AvgIpc) is 2.76. The van der Waals surface area contributed by atoms with Crippen LogP contribution in [0.4, 0.5) is 5.69 Å². The van der Waals surface area contributed by atoms with E-state index in [1.807, 2.05) is 30.3 Å². The number of amides is 1. The number of carbonyl (C=O) groups is 1. The summed E-state index contributed by atoms with van der Waals surface area (Å²) in [6.07, 6.45) is 0. The van der Waals surface area contributed by atoms with Gasteiger partial charge in [0, 0.05) is 10.2 Å². The summed E-state index contributed by atoms with van der Waals surface area (Å²) < 4.78 is 2.42. The zero-order valence-electron chi connectivity index (χ0n) is 15.8. The van der Waals surface area contributed by atoms with E-state index >= 15 is 0 Å². The minimum absolute atomic E-state index is 0.0571. The van der Waals surface area contributed by atoms with E-state index < -0.39 is 0 Å². The first-order valence-electron chi connectivity index (χ1n) is 9.08. The fourth-order valence-corrected chi connectivity index (χ4v) is 4.30. The summed E-state index contributed by atoms with van der Waals surface area (Å²) in [5, 5.41) is 4.47. The second-order valence-electron chi connectivity index (χ2n) is 6.49. The number of benzene rings is 3. The number of nitrogens with one attached hydrogen (secondary N) is 1. The number of hydrogen-bond acceptors (Lipinski definition) is 4. The van der Waals surface area contributed by atoms with Gasteiger partial charge in [0.25, 0.3) is 5.56 Å². The predicted octanol–water partition coefficient (Wildman–Crippen LogP) is 6.19. The Morgan fingerprint density at radius 2 is 1.77 bits per heavy atom. The summed E-state index contributed by atoms with van der Waals surface area (Å²) in [5.41, 5.74) is 1.59. The Morgan fingerprint density at radius 3 is 2.52 bits per heavy atom. The highest BCUT2D eigenvalue weighted by molar-refractivity contribution is 9.10. The van der Waals surface area contributed by atoms with Crippen LogP contribution in [0.25, 0.3) is 16.6 Å². The lowest BCUT2D eigenvalue weighted by molar-refractivity contribution is -0.113. The molecule has 5 nitrogen and oxygen atoms in total. The average molecular weight is 535 g/mol. The Balaban J connectivity index is 1.65. The van der Waals surface area contributed by atoms with Crippen molar-refractivity contribution >= 4 is 73.4 Å². The van der Waals surface area contributed by atoms with Gasteiger partial charge in [0.15, 0.2) is 5.16 Å². The SMILES string of the molecule is O=C(CSc1nc2ccccc2c(=O)n1-c1ccc(Br)cc1)Nc1ccc(Cl)c(Cl)c1. The number of carbonyl (C=O) groups excluding carboxylic acids is 1. The van der Waals surface area contributed by atoms with Gasteiger partial charge < -0.3 is 5.32 Å². The monoisotopic (exact) mass is 533 g/mol. The summed E-state index contributed by atoms with van der Waals surface area (Å²) in [4.78, 5) is 30.3. The molecule has 0 saturated carbocycles. The van der Waals surface area contributed by atoms with Gasteiger partial charge in [-0.25, -0.2) is 4.98 Å². The van der Waals surface area contributed by atoms with Crippen molar-refractivity contribution in [3.05, 3.63) is 91.6 Å². The third-order valence-electron chi connectivity index (χ3n) is 4.37. The highest BCUT2D eigenvalue weighted by Gasteiger charge is 2.15.